The monoisotopic (exact) mass is 512 g/mol. The van der Waals surface area contributed by atoms with Crippen LogP contribution < -0.4 is 19.1 Å². The summed E-state index contributed by atoms with van der Waals surface area (Å²) in [4.78, 5) is 5.92. The summed E-state index contributed by atoms with van der Waals surface area (Å²) in [5, 5.41) is 0.246. The Hall–Kier alpha value is -3.21. The Morgan fingerprint density at radius 2 is 1.60 bits per heavy atom. The predicted molar refractivity (Wildman–Crippen MR) is 126 cm³/mol. The largest absolute Gasteiger partial charge is 0.573 e. The van der Waals surface area contributed by atoms with Crippen molar-refractivity contribution < 1.29 is 35.8 Å². The van der Waals surface area contributed by atoms with Gasteiger partial charge >= 0.3 is 6.36 Å². The lowest BCUT2D eigenvalue weighted by atomic mass is 10.1. The highest BCUT2D eigenvalue weighted by Crippen LogP contribution is 2.40. The average Bonchev–Trinajstić information content (AvgIpc) is 2.81. The molecule has 0 aliphatic heterocycles. The minimum Gasteiger partial charge on any atom is -0.493 e. The van der Waals surface area contributed by atoms with Gasteiger partial charge in [0.05, 0.1) is 30.3 Å². The second kappa shape index (κ2) is 10.6. The van der Waals surface area contributed by atoms with Crippen molar-refractivity contribution in [2.75, 3.05) is 32.2 Å². The van der Waals surface area contributed by atoms with Gasteiger partial charge in [0.15, 0.2) is 11.5 Å². The fourth-order valence-electron chi connectivity index (χ4n) is 3.85. The van der Waals surface area contributed by atoms with Gasteiger partial charge in [0.2, 0.25) is 9.84 Å². The number of pyridine rings is 1. The van der Waals surface area contributed by atoms with Crippen LogP contribution in [0.3, 0.4) is 0 Å². The van der Waals surface area contributed by atoms with Gasteiger partial charge in [0, 0.05) is 30.7 Å². The highest BCUT2D eigenvalue weighted by molar-refractivity contribution is 7.91. The zero-order valence-corrected chi connectivity index (χ0v) is 20.7. The van der Waals surface area contributed by atoms with Crippen molar-refractivity contribution in [3.8, 4) is 17.2 Å². The fraction of sp³-hybridized carbons (Fsp3) is 0.375. The number of halogens is 3. The summed E-state index contributed by atoms with van der Waals surface area (Å²) in [6.07, 6.45) is -2.26. The number of anilines is 1. The third-order valence-corrected chi connectivity index (χ3v) is 7.02. The number of hydrogen-bond acceptors (Lipinski definition) is 7. The molecule has 3 aromatic rings. The molecule has 0 saturated carbocycles. The van der Waals surface area contributed by atoms with Crippen LogP contribution in [-0.2, 0) is 9.84 Å². The molecular formula is C24H27F3N2O5S. The minimum absolute atomic E-state index is 0.0619. The van der Waals surface area contributed by atoms with E-state index in [2.05, 4.69) is 9.72 Å². The number of methoxy groups -OCH3 is 2. The first-order chi connectivity index (χ1) is 16.5. The predicted octanol–water partition coefficient (Wildman–Crippen LogP) is 5.61. The summed E-state index contributed by atoms with van der Waals surface area (Å²) < 4.78 is 80.9. The van der Waals surface area contributed by atoms with E-state index in [0.29, 0.717) is 37.2 Å². The molecule has 7 nitrogen and oxygen atoms in total. The summed E-state index contributed by atoms with van der Waals surface area (Å²) in [5.74, 6) is 0.126. The molecule has 1 heterocycles. The highest BCUT2D eigenvalue weighted by atomic mass is 32.2. The van der Waals surface area contributed by atoms with Gasteiger partial charge in [-0.2, -0.15) is 0 Å². The fourth-order valence-corrected chi connectivity index (χ4v) is 5.29. The van der Waals surface area contributed by atoms with E-state index in [1.807, 2.05) is 18.7 Å². The van der Waals surface area contributed by atoms with Gasteiger partial charge < -0.3 is 19.1 Å². The number of ether oxygens (including phenoxy) is 3. The van der Waals surface area contributed by atoms with E-state index in [9.17, 15) is 21.6 Å². The van der Waals surface area contributed by atoms with Crippen LogP contribution in [0.25, 0.3) is 10.9 Å². The zero-order chi connectivity index (χ0) is 25.8. The molecule has 1 aromatic heterocycles. The van der Waals surface area contributed by atoms with Crippen LogP contribution in [0.4, 0.5) is 18.9 Å². The lowest BCUT2D eigenvalue weighted by Gasteiger charge is -2.28. The molecule has 0 radical (unpaired) electrons. The molecule has 190 valence electrons. The molecule has 0 bridgehead atoms. The van der Waals surface area contributed by atoms with Crippen molar-refractivity contribution in [3.05, 3.63) is 42.6 Å². The van der Waals surface area contributed by atoms with Crippen LogP contribution in [0.5, 0.6) is 17.2 Å². The summed E-state index contributed by atoms with van der Waals surface area (Å²) in [7, 11) is -1.32. The normalized spacial score (nSPS) is 12.0. The number of nitrogens with zero attached hydrogens (tertiary/aromatic N) is 2. The molecule has 0 fully saturated rings. The minimum atomic E-state index is -4.89. The third-order valence-electron chi connectivity index (χ3n) is 5.27. The molecule has 0 N–H and O–H groups in total. The number of aromatic nitrogens is 1. The van der Waals surface area contributed by atoms with E-state index in [1.54, 1.807) is 0 Å². The number of rotatable bonds is 10. The van der Waals surface area contributed by atoms with Crippen LogP contribution in [-0.4, -0.2) is 47.1 Å². The molecular weight excluding hydrogens is 485 g/mol. The summed E-state index contributed by atoms with van der Waals surface area (Å²) in [6.45, 7) is 4.86. The molecule has 0 aliphatic carbocycles. The van der Waals surface area contributed by atoms with Gasteiger partial charge in [0.1, 0.15) is 10.6 Å². The van der Waals surface area contributed by atoms with Gasteiger partial charge in [-0.05, 0) is 43.2 Å². The topological polar surface area (TPSA) is 78.0 Å². The number of sulfone groups is 1. The molecule has 3 rings (SSSR count). The maximum atomic E-state index is 13.8. The van der Waals surface area contributed by atoms with Crippen molar-refractivity contribution in [3.63, 3.8) is 0 Å². The van der Waals surface area contributed by atoms with E-state index in [1.165, 1.54) is 50.7 Å². The summed E-state index contributed by atoms with van der Waals surface area (Å²) in [6, 6.07) is 7.91. The van der Waals surface area contributed by atoms with Crippen molar-refractivity contribution in [1.29, 1.82) is 0 Å². The maximum Gasteiger partial charge on any atom is 0.573 e. The molecule has 0 atom stereocenters. The lowest BCUT2D eigenvalue weighted by molar-refractivity contribution is -0.274. The van der Waals surface area contributed by atoms with Crippen LogP contribution in [0.2, 0.25) is 0 Å². The van der Waals surface area contributed by atoms with Gasteiger partial charge in [-0.15, -0.1) is 13.2 Å². The molecule has 11 heteroatoms. The quantitative estimate of drug-likeness (QED) is 0.349. The zero-order valence-electron chi connectivity index (χ0n) is 19.8. The van der Waals surface area contributed by atoms with Crippen LogP contribution in [0.1, 0.15) is 26.7 Å². The summed E-state index contributed by atoms with van der Waals surface area (Å²) >= 11 is 0. The van der Waals surface area contributed by atoms with E-state index in [4.69, 9.17) is 9.47 Å². The SMILES string of the molecule is CCCN(CCC)c1c(S(=O)(=O)c2ccc(OC)c(OC)c2)cnc2ccc(OC(F)(F)F)cc12. The first-order valence-electron chi connectivity index (χ1n) is 11.0. The molecule has 0 saturated heterocycles. The maximum absolute atomic E-state index is 13.8. The average molecular weight is 513 g/mol. The molecule has 0 aliphatic rings. The van der Waals surface area contributed by atoms with E-state index < -0.39 is 21.9 Å². The number of fused-ring (bicyclic) bond motifs is 1. The van der Waals surface area contributed by atoms with Crippen LogP contribution in [0, 0.1) is 0 Å². The first-order valence-corrected chi connectivity index (χ1v) is 12.4. The van der Waals surface area contributed by atoms with Gasteiger partial charge in [-0.3, -0.25) is 4.98 Å². The number of hydrogen-bond donors (Lipinski definition) is 0. The standard InChI is InChI=1S/C24H27F3N2O5S/c1-5-11-29(12-6-2)23-18-13-16(34-24(25,26)27)7-9-19(18)28-15-22(23)35(30,31)17-8-10-20(32-3)21(14-17)33-4/h7-10,13-15H,5-6,11-12H2,1-4H3. The van der Waals surface area contributed by atoms with Gasteiger partial charge in [-0.25, -0.2) is 8.42 Å². The van der Waals surface area contributed by atoms with Crippen molar-refractivity contribution in [2.24, 2.45) is 0 Å². The van der Waals surface area contributed by atoms with Crippen molar-refractivity contribution >= 4 is 26.4 Å². The molecule has 0 amide bonds. The Kier molecular flexibility index (Phi) is 7.99. The van der Waals surface area contributed by atoms with Gasteiger partial charge in [-0.1, -0.05) is 13.8 Å². The first kappa shape index (κ1) is 26.4. The Bertz CT molecular complexity index is 1290. The smallest absolute Gasteiger partial charge is 0.493 e. The van der Waals surface area contributed by atoms with Crippen molar-refractivity contribution in [1.82, 2.24) is 4.98 Å². The number of alkyl halides is 3. The Balaban J connectivity index is 2.32. The van der Waals surface area contributed by atoms with E-state index in [-0.39, 0.29) is 26.6 Å². The number of benzene rings is 2. The van der Waals surface area contributed by atoms with Crippen molar-refractivity contribution in [2.45, 2.75) is 42.8 Å². The second-order valence-electron chi connectivity index (χ2n) is 7.71. The molecule has 35 heavy (non-hydrogen) atoms. The highest BCUT2D eigenvalue weighted by Gasteiger charge is 2.32. The lowest BCUT2D eigenvalue weighted by Crippen LogP contribution is -2.27. The Morgan fingerprint density at radius 3 is 2.17 bits per heavy atom. The molecule has 0 spiro atoms. The van der Waals surface area contributed by atoms with E-state index >= 15 is 0 Å². The van der Waals surface area contributed by atoms with Crippen LogP contribution in [0.15, 0.2) is 52.4 Å². The Morgan fingerprint density at radius 1 is 0.943 bits per heavy atom. The molecule has 0 unspecified atom stereocenters. The Labute approximate surface area is 202 Å². The summed E-state index contributed by atoms with van der Waals surface area (Å²) in [5.41, 5.74) is 0.624. The van der Waals surface area contributed by atoms with Crippen LogP contribution >= 0.6 is 0 Å². The molecule has 2 aromatic carbocycles. The second-order valence-corrected chi connectivity index (χ2v) is 9.62. The third kappa shape index (κ3) is 5.72. The van der Waals surface area contributed by atoms with E-state index in [0.717, 1.165) is 6.07 Å². The van der Waals surface area contributed by atoms with Gasteiger partial charge in [0.25, 0.3) is 0 Å².